The maximum atomic E-state index is 4.63. The molecule has 1 spiro atoms. The predicted molar refractivity (Wildman–Crippen MR) is 89.3 cm³/mol. The van der Waals surface area contributed by atoms with Crippen molar-refractivity contribution in [2.45, 2.75) is 52.4 Å². The molecule has 1 aromatic heterocycles. The first-order valence-electron chi connectivity index (χ1n) is 8.32. The summed E-state index contributed by atoms with van der Waals surface area (Å²) in [6.07, 6.45) is 7.54. The molecule has 2 aliphatic rings. The second-order valence-corrected chi connectivity index (χ2v) is 6.02. The quantitative estimate of drug-likeness (QED) is 0.700. The van der Waals surface area contributed by atoms with Gasteiger partial charge in [0.25, 0.3) is 0 Å². The van der Waals surface area contributed by atoms with Crippen molar-refractivity contribution in [2.24, 2.45) is 10.5 Å². The molecule has 0 saturated heterocycles. The van der Waals surface area contributed by atoms with E-state index in [1.807, 2.05) is 13.8 Å². The molecule has 120 valence electrons. The van der Waals surface area contributed by atoms with Crippen molar-refractivity contribution in [3.63, 3.8) is 0 Å². The van der Waals surface area contributed by atoms with Crippen molar-refractivity contribution in [1.29, 1.82) is 0 Å². The first-order chi connectivity index (χ1) is 10.8. The third kappa shape index (κ3) is 2.98. The zero-order valence-corrected chi connectivity index (χ0v) is 13.4. The average molecular weight is 303 g/mol. The fourth-order valence-electron chi connectivity index (χ4n) is 3.34. The highest BCUT2D eigenvalue weighted by atomic mass is 15.4. The molecule has 2 fully saturated rings. The van der Waals surface area contributed by atoms with Gasteiger partial charge in [-0.05, 0) is 46.0 Å². The standard InChI is InChI=1S/C15H25N7/c1-3-16-12-18-13(17-4-2)20-14(19-12)22-21-11-7-5-8-15(11)9-6-10-15/h3-10H2,1-2H3,(H3,16,17,18,19,20,22)/b21-11-. The van der Waals surface area contributed by atoms with Gasteiger partial charge < -0.3 is 10.6 Å². The van der Waals surface area contributed by atoms with Crippen LogP contribution in [-0.4, -0.2) is 33.8 Å². The molecule has 7 heteroatoms. The molecular formula is C15H25N7. The van der Waals surface area contributed by atoms with Gasteiger partial charge in [-0.3, -0.25) is 0 Å². The predicted octanol–water partition coefficient (Wildman–Crippen LogP) is 2.86. The van der Waals surface area contributed by atoms with E-state index in [2.05, 4.69) is 36.1 Å². The number of hydrogen-bond acceptors (Lipinski definition) is 7. The third-order valence-electron chi connectivity index (χ3n) is 4.59. The molecule has 0 amide bonds. The van der Waals surface area contributed by atoms with Gasteiger partial charge in [-0.2, -0.15) is 20.1 Å². The SMILES string of the molecule is CCNc1nc(NCC)nc(N/N=C2/CCCC23CCC3)n1. The number of anilines is 3. The van der Waals surface area contributed by atoms with Gasteiger partial charge in [0.05, 0.1) is 0 Å². The summed E-state index contributed by atoms with van der Waals surface area (Å²) in [7, 11) is 0. The van der Waals surface area contributed by atoms with E-state index < -0.39 is 0 Å². The Hall–Kier alpha value is -1.92. The van der Waals surface area contributed by atoms with Crippen molar-refractivity contribution in [3.8, 4) is 0 Å². The van der Waals surface area contributed by atoms with E-state index in [1.54, 1.807) is 0 Å². The second kappa shape index (κ2) is 6.46. The Bertz CT molecular complexity index is 527. The van der Waals surface area contributed by atoms with Gasteiger partial charge in [0.1, 0.15) is 0 Å². The van der Waals surface area contributed by atoms with E-state index in [-0.39, 0.29) is 0 Å². The molecule has 2 aliphatic carbocycles. The topological polar surface area (TPSA) is 87.1 Å². The van der Waals surface area contributed by atoms with Crippen molar-refractivity contribution in [1.82, 2.24) is 15.0 Å². The van der Waals surface area contributed by atoms with Crippen LogP contribution in [0.25, 0.3) is 0 Å². The highest BCUT2D eigenvalue weighted by molar-refractivity contribution is 5.93. The highest BCUT2D eigenvalue weighted by Crippen LogP contribution is 2.51. The van der Waals surface area contributed by atoms with Crippen molar-refractivity contribution < 1.29 is 0 Å². The van der Waals surface area contributed by atoms with Crippen molar-refractivity contribution >= 4 is 23.6 Å². The number of hydrazone groups is 1. The summed E-state index contributed by atoms with van der Waals surface area (Å²) in [6.45, 7) is 5.57. The maximum absolute atomic E-state index is 4.63. The number of hydrogen-bond donors (Lipinski definition) is 3. The summed E-state index contributed by atoms with van der Waals surface area (Å²) in [5, 5.41) is 10.9. The Morgan fingerprint density at radius 1 is 0.909 bits per heavy atom. The van der Waals surface area contributed by atoms with Gasteiger partial charge >= 0.3 is 0 Å². The van der Waals surface area contributed by atoms with Gasteiger partial charge in [-0.15, -0.1) is 0 Å². The Morgan fingerprint density at radius 3 is 2.05 bits per heavy atom. The summed E-state index contributed by atoms with van der Waals surface area (Å²) in [5.41, 5.74) is 4.74. The van der Waals surface area contributed by atoms with Crippen LogP contribution in [-0.2, 0) is 0 Å². The molecule has 0 aromatic carbocycles. The average Bonchev–Trinajstić information content (AvgIpc) is 2.90. The van der Waals surface area contributed by atoms with Gasteiger partial charge in [0, 0.05) is 24.2 Å². The minimum absolute atomic E-state index is 0.384. The van der Waals surface area contributed by atoms with E-state index in [9.17, 15) is 0 Å². The van der Waals surface area contributed by atoms with Crippen LogP contribution in [0.15, 0.2) is 5.10 Å². The van der Waals surface area contributed by atoms with E-state index in [0.29, 0.717) is 23.3 Å². The van der Waals surface area contributed by atoms with Crippen LogP contribution in [0.5, 0.6) is 0 Å². The first-order valence-corrected chi connectivity index (χ1v) is 8.32. The zero-order chi connectivity index (χ0) is 15.4. The van der Waals surface area contributed by atoms with Crippen LogP contribution < -0.4 is 16.1 Å². The van der Waals surface area contributed by atoms with Crippen molar-refractivity contribution in [2.75, 3.05) is 29.1 Å². The molecule has 0 atom stereocenters. The molecule has 0 aliphatic heterocycles. The summed E-state index contributed by atoms with van der Waals surface area (Å²) < 4.78 is 0. The lowest BCUT2D eigenvalue weighted by Crippen LogP contribution is -2.33. The van der Waals surface area contributed by atoms with Crippen LogP contribution >= 0.6 is 0 Å². The summed E-state index contributed by atoms with van der Waals surface area (Å²) in [6, 6.07) is 0. The van der Waals surface area contributed by atoms with Crippen LogP contribution in [0.4, 0.5) is 17.8 Å². The van der Waals surface area contributed by atoms with E-state index >= 15 is 0 Å². The zero-order valence-electron chi connectivity index (χ0n) is 13.4. The minimum atomic E-state index is 0.384. The second-order valence-electron chi connectivity index (χ2n) is 6.02. The molecule has 3 rings (SSSR count). The molecular weight excluding hydrogens is 278 g/mol. The normalized spacial score (nSPS) is 20.9. The number of rotatable bonds is 6. The molecule has 2 saturated carbocycles. The minimum Gasteiger partial charge on any atom is -0.354 e. The maximum Gasteiger partial charge on any atom is 0.250 e. The van der Waals surface area contributed by atoms with Crippen LogP contribution in [0, 0.1) is 5.41 Å². The molecule has 1 heterocycles. The Labute approximate surface area is 131 Å². The molecule has 0 bridgehead atoms. The smallest absolute Gasteiger partial charge is 0.250 e. The lowest BCUT2D eigenvalue weighted by Gasteiger charge is -2.38. The van der Waals surface area contributed by atoms with Crippen LogP contribution in [0.3, 0.4) is 0 Å². The molecule has 7 nitrogen and oxygen atoms in total. The summed E-state index contributed by atoms with van der Waals surface area (Å²) in [4.78, 5) is 13.0. The van der Waals surface area contributed by atoms with E-state index in [1.165, 1.54) is 37.8 Å². The van der Waals surface area contributed by atoms with Crippen LogP contribution in [0.1, 0.15) is 52.4 Å². The van der Waals surface area contributed by atoms with Crippen LogP contribution in [0.2, 0.25) is 0 Å². The van der Waals surface area contributed by atoms with Gasteiger partial charge in [-0.25, -0.2) is 5.43 Å². The van der Waals surface area contributed by atoms with Crippen molar-refractivity contribution in [3.05, 3.63) is 0 Å². The van der Waals surface area contributed by atoms with Gasteiger partial charge in [0.2, 0.25) is 17.8 Å². The third-order valence-corrected chi connectivity index (χ3v) is 4.59. The van der Waals surface area contributed by atoms with Gasteiger partial charge in [0.15, 0.2) is 0 Å². The fraction of sp³-hybridized carbons (Fsp3) is 0.733. The summed E-state index contributed by atoms with van der Waals surface area (Å²) >= 11 is 0. The molecule has 22 heavy (non-hydrogen) atoms. The number of nitrogens with one attached hydrogen (secondary N) is 3. The highest BCUT2D eigenvalue weighted by Gasteiger charge is 2.44. The lowest BCUT2D eigenvalue weighted by atomic mass is 9.67. The molecule has 0 radical (unpaired) electrons. The number of nitrogens with zero attached hydrogens (tertiary/aromatic N) is 4. The Morgan fingerprint density at radius 2 is 1.50 bits per heavy atom. The van der Waals surface area contributed by atoms with E-state index in [4.69, 9.17) is 0 Å². The lowest BCUT2D eigenvalue weighted by molar-refractivity contribution is 0.231. The Balaban J connectivity index is 1.76. The molecule has 0 unspecified atom stereocenters. The number of aromatic nitrogens is 3. The Kier molecular flexibility index (Phi) is 4.40. The van der Waals surface area contributed by atoms with E-state index in [0.717, 1.165) is 19.5 Å². The summed E-state index contributed by atoms with van der Waals surface area (Å²) in [5.74, 6) is 1.64. The largest absolute Gasteiger partial charge is 0.354 e. The monoisotopic (exact) mass is 303 g/mol. The molecule has 3 N–H and O–H groups in total. The van der Waals surface area contributed by atoms with Gasteiger partial charge in [-0.1, -0.05) is 6.42 Å². The fourth-order valence-corrected chi connectivity index (χ4v) is 3.34. The molecule has 1 aromatic rings. The first kappa shape index (κ1) is 15.0.